The lowest BCUT2D eigenvalue weighted by Gasteiger charge is -2.32. The smallest absolute Gasteiger partial charge is 0.243 e. The summed E-state index contributed by atoms with van der Waals surface area (Å²) in [6.07, 6.45) is 2.05. The number of benzene rings is 2. The van der Waals surface area contributed by atoms with Crippen LogP contribution in [0, 0.1) is 33.6 Å². The molecule has 3 rings (SSSR count). The van der Waals surface area contributed by atoms with Gasteiger partial charge in [0.2, 0.25) is 15.9 Å². The van der Waals surface area contributed by atoms with Gasteiger partial charge in [-0.3, -0.25) is 4.79 Å². The van der Waals surface area contributed by atoms with Gasteiger partial charge in [0, 0.05) is 24.7 Å². The van der Waals surface area contributed by atoms with Crippen molar-refractivity contribution >= 4 is 21.6 Å². The summed E-state index contributed by atoms with van der Waals surface area (Å²) in [6.45, 7) is 12.7. The van der Waals surface area contributed by atoms with Gasteiger partial charge in [-0.1, -0.05) is 38.1 Å². The molecule has 2 aromatic carbocycles. The van der Waals surface area contributed by atoms with Gasteiger partial charge in [-0.15, -0.1) is 0 Å². The standard InChI is InChI=1S/C26H36N2O3S/c1-7-17(2)23-10-8-9-11-24(23)27-26(29)22-12-14-28(15-13-22)32(30,31)25-20(5)18(3)16-19(4)21(25)6/h8-11,16-17,22H,7,12-15H2,1-6H3,(H,27,29)/t17-/m1/s1. The van der Waals surface area contributed by atoms with Crippen LogP contribution in [0.4, 0.5) is 5.69 Å². The number of piperidine rings is 1. The Morgan fingerprint density at radius 1 is 1.06 bits per heavy atom. The molecule has 1 N–H and O–H groups in total. The highest BCUT2D eigenvalue weighted by atomic mass is 32.2. The van der Waals surface area contributed by atoms with E-state index in [-0.39, 0.29) is 11.8 Å². The zero-order chi connectivity index (χ0) is 23.6. The van der Waals surface area contributed by atoms with Crippen molar-refractivity contribution in [3.63, 3.8) is 0 Å². The van der Waals surface area contributed by atoms with E-state index in [1.54, 1.807) is 4.31 Å². The van der Waals surface area contributed by atoms with Gasteiger partial charge >= 0.3 is 0 Å². The highest BCUT2D eigenvalue weighted by Gasteiger charge is 2.34. The van der Waals surface area contributed by atoms with Crippen LogP contribution in [0.5, 0.6) is 0 Å². The molecule has 0 saturated carbocycles. The Morgan fingerprint density at radius 3 is 2.19 bits per heavy atom. The molecule has 0 radical (unpaired) electrons. The van der Waals surface area contributed by atoms with Crippen LogP contribution < -0.4 is 5.32 Å². The monoisotopic (exact) mass is 456 g/mol. The van der Waals surface area contributed by atoms with Crippen LogP contribution in [0.2, 0.25) is 0 Å². The summed E-state index contributed by atoms with van der Waals surface area (Å²) in [5.74, 6) is 0.159. The molecule has 6 heteroatoms. The molecule has 1 atom stereocenters. The van der Waals surface area contributed by atoms with Crippen molar-refractivity contribution in [2.45, 2.75) is 71.6 Å². The van der Waals surface area contributed by atoms with Crippen LogP contribution in [0.25, 0.3) is 0 Å². The highest BCUT2D eigenvalue weighted by Crippen LogP contribution is 2.32. The summed E-state index contributed by atoms with van der Waals surface area (Å²) >= 11 is 0. The fourth-order valence-electron chi connectivity index (χ4n) is 4.55. The molecule has 2 aromatic rings. The summed E-state index contributed by atoms with van der Waals surface area (Å²) < 4.78 is 28.5. The molecule has 174 valence electrons. The van der Waals surface area contributed by atoms with E-state index >= 15 is 0 Å². The van der Waals surface area contributed by atoms with Crippen LogP contribution in [-0.4, -0.2) is 31.7 Å². The molecule has 0 bridgehead atoms. The summed E-state index contributed by atoms with van der Waals surface area (Å²) in [5, 5.41) is 3.11. The Kier molecular flexibility index (Phi) is 7.46. The van der Waals surface area contributed by atoms with Crippen molar-refractivity contribution in [3.8, 4) is 0 Å². The minimum atomic E-state index is -3.60. The third-order valence-corrected chi connectivity index (χ3v) is 9.26. The molecule has 32 heavy (non-hydrogen) atoms. The van der Waals surface area contributed by atoms with Crippen LogP contribution in [0.1, 0.15) is 66.8 Å². The molecule has 1 saturated heterocycles. The quantitative estimate of drug-likeness (QED) is 0.626. The fraction of sp³-hybridized carbons (Fsp3) is 0.500. The normalized spacial score (nSPS) is 16.7. The molecule has 1 heterocycles. The SMILES string of the molecule is CC[C@@H](C)c1ccccc1NC(=O)C1CCN(S(=O)(=O)c2c(C)c(C)cc(C)c2C)CC1. The predicted octanol–water partition coefficient (Wildman–Crippen LogP) is 5.47. The summed E-state index contributed by atoms with van der Waals surface area (Å²) in [5.41, 5.74) is 5.61. The zero-order valence-corrected chi connectivity index (χ0v) is 21.0. The van der Waals surface area contributed by atoms with Gasteiger partial charge in [-0.2, -0.15) is 4.31 Å². The van der Waals surface area contributed by atoms with Crippen molar-refractivity contribution in [2.24, 2.45) is 5.92 Å². The number of rotatable bonds is 6. The van der Waals surface area contributed by atoms with Gasteiger partial charge in [-0.25, -0.2) is 8.42 Å². The van der Waals surface area contributed by atoms with Gasteiger partial charge in [0.05, 0.1) is 4.90 Å². The number of hydrogen-bond acceptors (Lipinski definition) is 3. The van der Waals surface area contributed by atoms with E-state index in [2.05, 4.69) is 25.2 Å². The number of nitrogens with one attached hydrogen (secondary N) is 1. The number of anilines is 1. The van der Waals surface area contributed by atoms with Gasteiger partial charge in [0.1, 0.15) is 0 Å². The average Bonchev–Trinajstić information content (AvgIpc) is 2.77. The first-order valence-electron chi connectivity index (χ1n) is 11.5. The second kappa shape index (κ2) is 9.75. The van der Waals surface area contributed by atoms with Crippen molar-refractivity contribution in [3.05, 3.63) is 58.1 Å². The van der Waals surface area contributed by atoms with Gasteiger partial charge in [0.25, 0.3) is 0 Å². The maximum atomic E-state index is 13.5. The average molecular weight is 457 g/mol. The Labute approximate surface area is 193 Å². The molecule has 1 aliphatic heterocycles. The molecule has 0 aromatic heterocycles. The third kappa shape index (κ3) is 4.76. The lowest BCUT2D eigenvalue weighted by Crippen LogP contribution is -2.42. The summed E-state index contributed by atoms with van der Waals surface area (Å²) in [7, 11) is -3.60. The Bertz CT molecular complexity index is 1070. The summed E-state index contributed by atoms with van der Waals surface area (Å²) in [6, 6.07) is 9.98. The van der Waals surface area contributed by atoms with Gasteiger partial charge in [0.15, 0.2) is 0 Å². The van der Waals surface area contributed by atoms with Crippen LogP contribution in [0.3, 0.4) is 0 Å². The zero-order valence-electron chi connectivity index (χ0n) is 20.2. The van der Waals surface area contributed by atoms with E-state index in [0.717, 1.165) is 39.9 Å². The van der Waals surface area contributed by atoms with E-state index in [4.69, 9.17) is 0 Å². The fourth-order valence-corrected chi connectivity index (χ4v) is 6.60. The molecule has 0 unspecified atom stereocenters. The number of carbonyl (C=O) groups excluding carboxylic acids is 1. The maximum absolute atomic E-state index is 13.5. The molecule has 1 aliphatic rings. The molecular formula is C26H36N2O3S. The van der Waals surface area contributed by atoms with Crippen molar-refractivity contribution in [1.82, 2.24) is 4.31 Å². The lowest BCUT2D eigenvalue weighted by atomic mass is 9.94. The van der Waals surface area contributed by atoms with Crippen LogP contribution in [-0.2, 0) is 14.8 Å². The third-order valence-electron chi connectivity index (χ3n) is 7.08. The van der Waals surface area contributed by atoms with E-state index < -0.39 is 10.0 Å². The van der Waals surface area contributed by atoms with E-state index in [0.29, 0.717) is 36.7 Å². The molecular weight excluding hydrogens is 420 g/mol. The number of nitrogens with zero attached hydrogens (tertiary/aromatic N) is 1. The predicted molar refractivity (Wildman–Crippen MR) is 131 cm³/mol. The van der Waals surface area contributed by atoms with Crippen LogP contribution in [0.15, 0.2) is 35.2 Å². The van der Waals surface area contributed by atoms with E-state index in [1.807, 2.05) is 52.0 Å². The largest absolute Gasteiger partial charge is 0.326 e. The molecule has 1 amide bonds. The Morgan fingerprint density at radius 2 is 1.62 bits per heavy atom. The van der Waals surface area contributed by atoms with E-state index in [9.17, 15) is 13.2 Å². The lowest BCUT2D eigenvalue weighted by molar-refractivity contribution is -0.120. The van der Waals surface area contributed by atoms with Gasteiger partial charge < -0.3 is 5.32 Å². The molecule has 0 aliphatic carbocycles. The number of carbonyl (C=O) groups is 1. The second-order valence-corrected chi connectivity index (χ2v) is 11.0. The highest BCUT2D eigenvalue weighted by molar-refractivity contribution is 7.89. The first-order valence-corrected chi connectivity index (χ1v) is 13.0. The number of sulfonamides is 1. The molecule has 5 nitrogen and oxygen atoms in total. The van der Waals surface area contributed by atoms with Crippen molar-refractivity contribution in [1.29, 1.82) is 0 Å². The maximum Gasteiger partial charge on any atom is 0.243 e. The number of aryl methyl sites for hydroxylation is 2. The molecule has 0 spiro atoms. The Hall–Kier alpha value is -2.18. The van der Waals surface area contributed by atoms with Crippen molar-refractivity contribution < 1.29 is 13.2 Å². The first kappa shape index (κ1) is 24.5. The first-order chi connectivity index (χ1) is 15.1. The number of amides is 1. The minimum absolute atomic E-state index is 0.0171. The Balaban J connectivity index is 1.73. The number of hydrogen-bond donors (Lipinski definition) is 1. The summed E-state index contributed by atoms with van der Waals surface area (Å²) in [4.78, 5) is 13.4. The molecule has 1 fully saturated rings. The second-order valence-electron chi connectivity index (χ2n) is 9.15. The van der Waals surface area contributed by atoms with Crippen molar-refractivity contribution in [2.75, 3.05) is 18.4 Å². The minimum Gasteiger partial charge on any atom is -0.326 e. The van der Waals surface area contributed by atoms with Crippen LogP contribution >= 0.6 is 0 Å². The van der Waals surface area contributed by atoms with Gasteiger partial charge in [-0.05, 0) is 86.8 Å². The topological polar surface area (TPSA) is 66.5 Å². The number of para-hydroxylation sites is 1. The van der Waals surface area contributed by atoms with E-state index in [1.165, 1.54) is 0 Å².